The van der Waals surface area contributed by atoms with E-state index >= 15 is 0 Å². The predicted octanol–water partition coefficient (Wildman–Crippen LogP) is 3.63. The smallest absolute Gasteiger partial charge is 0.427 e. The number of alkyl halides is 3. The second-order valence-electron chi connectivity index (χ2n) is 9.17. The molecule has 1 spiro atoms. The van der Waals surface area contributed by atoms with Crippen molar-refractivity contribution in [3.05, 3.63) is 48.2 Å². The monoisotopic (exact) mass is 524 g/mol. The first-order chi connectivity index (χ1) is 17.7. The van der Waals surface area contributed by atoms with Gasteiger partial charge in [0, 0.05) is 26.2 Å². The third-order valence-electron chi connectivity index (χ3n) is 6.58. The molecule has 1 aromatic carbocycles. The third-order valence-corrected chi connectivity index (χ3v) is 6.58. The van der Waals surface area contributed by atoms with Gasteiger partial charge in [-0.25, -0.2) is 9.78 Å². The number of nitrogens with zero attached hydrogens (tertiary/aromatic N) is 3. The van der Waals surface area contributed by atoms with Gasteiger partial charge in [0.2, 0.25) is 6.10 Å². The summed E-state index contributed by atoms with van der Waals surface area (Å²) in [5.41, 5.74) is 6.45. The fraction of sp³-hybridized carbons (Fsp3) is 0.520. The Hall–Kier alpha value is -3.25. The summed E-state index contributed by atoms with van der Waals surface area (Å²) in [5, 5.41) is 0. The molecule has 2 aliphatic heterocycles. The molecule has 1 atom stereocenters. The SMILES string of the molecule is COc1ccc(COCC(OC(=O)N2CCC3(CC2)CN(c2ccc(N)cn2)CCO3)C(F)(F)F)cc1. The Labute approximate surface area is 213 Å². The maximum absolute atomic E-state index is 13.6. The van der Waals surface area contributed by atoms with Gasteiger partial charge in [0.05, 0.1) is 44.4 Å². The number of benzene rings is 1. The zero-order valence-electron chi connectivity index (χ0n) is 20.6. The van der Waals surface area contributed by atoms with Crippen molar-refractivity contribution in [1.29, 1.82) is 0 Å². The van der Waals surface area contributed by atoms with Gasteiger partial charge < -0.3 is 34.5 Å². The van der Waals surface area contributed by atoms with E-state index in [2.05, 4.69) is 9.88 Å². The van der Waals surface area contributed by atoms with Gasteiger partial charge in [-0.2, -0.15) is 13.2 Å². The summed E-state index contributed by atoms with van der Waals surface area (Å²) in [6.07, 6.45) is -5.61. The number of morpholine rings is 1. The number of amides is 1. The molecule has 2 aromatic rings. The number of aromatic nitrogens is 1. The minimum absolute atomic E-state index is 0.0585. The molecule has 1 aromatic heterocycles. The van der Waals surface area contributed by atoms with Gasteiger partial charge in [-0.05, 0) is 42.7 Å². The van der Waals surface area contributed by atoms with E-state index in [9.17, 15) is 18.0 Å². The van der Waals surface area contributed by atoms with E-state index in [4.69, 9.17) is 24.7 Å². The number of halogens is 3. The average Bonchev–Trinajstić information content (AvgIpc) is 2.89. The molecule has 0 bridgehead atoms. The highest BCUT2D eigenvalue weighted by atomic mass is 19.4. The summed E-state index contributed by atoms with van der Waals surface area (Å²) in [4.78, 5) is 20.4. The molecule has 3 heterocycles. The number of hydrogen-bond donors (Lipinski definition) is 1. The maximum atomic E-state index is 13.6. The number of rotatable bonds is 7. The van der Waals surface area contributed by atoms with Crippen LogP contribution in [-0.2, 0) is 20.8 Å². The molecule has 2 N–H and O–H groups in total. The van der Waals surface area contributed by atoms with Gasteiger partial charge in [-0.1, -0.05) is 12.1 Å². The number of carbonyl (C=O) groups excluding carboxylic acids is 1. The molecule has 2 aliphatic rings. The highest BCUT2D eigenvalue weighted by molar-refractivity contribution is 5.68. The Morgan fingerprint density at radius 2 is 1.89 bits per heavy atom. The number of piperidine rings is 1. The number of pyridine rings is 1. The number of nitrogen functional groups attached to an aromatic ring is 1. The first-order valence-electron chi connectivity index (χ1n) is 12.0. The number of nitrogens with two attached hydrogens (primary N) is 1. The second-order valence-corrected chi connectivity index (χ2v) is 9.17. The van der Waals surface area contributed by atoms with E-state index in [1.165, 1.54) is 12.0 Å². The Morgan fingerprint density at radius 1 is 1.16 bits per heavy atom. The Kier molecular flexibility index (Phi) is 8.28. The molecular weight excluding hydrogens is 493 g/mol. The van der Waals surface area contributed by atoms with Crippen LogP contribution in [0.5, 0.6) is 5.75 Å². The normalized spacial score (nSPS) is 18.5. The van der Waals surface area contributed by atoms with Crippen LogP contribution in [0, 0.1) is 0 Å². The number of anilines is 2. The van der Waals surface area contributed by atoms with E-state index in [1.54, 1.807) is 36.5 Å². The van der Waals surface area contributed by atoms with Gasteiger partial charge in [-0.3, -0.25) is 0 Å². The molecule has 9 nitrogen and oxygen atoms in total. The van der Waals surface area contributed by atoms with Crippen LogP contribution < -0.4 is 15.4 Å². The van der Waals surface area contributed by atoms with E-state index < -0.39 is 30.6 Å². The molecule has 0 radical (unpaired) electrons. The molecule has 0 saturated carbocycles. The maximum Gasteiger partial charge on any atom is 0.427 e. The number of likely N-dealkylation sites (tertiary alicyclic amines) is 1. The summed E-state index contributed by atoms with van der Waals surface area (Å²) in [5.74, 6) is 1.41. The quantitative estimate of drug-likeness (QED) is 0.587. The summed E-state index contributed by atoms with van der Waals surface area (Å²) >= 11 is 0. The zero-order chi connectivity index (χ0) is 26.5. The molecule has 1 amide bonds. The Morgan fingerprint density at radius 3 is 2.51 bits per heavy atom. The molecule has 12 heteroatoms. The van der Waals surface area contributed by atoms with Crippen molar-refractivity contribution >= 4 is 17.6 Å². The van der Waals surface area contributed by atoms with Crippen molar-refractivity contribution in [2.45, 2.75) is 37.3 Å². The standard InChI is InChI=1S/C25H31F3N4O5/c1-34-20-5-2-18(3-6-20)15-35-16-21(25(26,27)28)37-23(33)31-10-8-24(9-11-31)17-32(12-13-36-24)22-7-4-19(29)14-30-22/h2-7,14,21H,8-13,15-17,29H2,1H3. The largest absolute Gasteiger partial charge is 0.497 e. The molecule has 4 rings (SSSR count). The lowest BCUT2D eigenvalue weighted by molar-refractivity contribution is -0.220. The summed E-state index contributed by atoms with van der Waals surface area (Å²) in [6, 6.07) is 10.4. The third kappa shape index (κ3) is 6.95. The molecular formula is C25H31F3N4O5. The van der Waals surface area contributed by atoms with E-state index in [0.717, 1.165) is 5.82 Å². The fourth-order valence-electron chi connectivity index (χ4n) is 4.42. The molecule has 202 valence electrons. The number of hydrogen-bond acceptors (Lipinski definition) is 8. The lowest BCUT2D eigenvalue weighted by Gasteiger charge is -2.47. The fourth-order valence-corrected chi connectivity index (χ4v) is 4.42. The van der Waals surface area contributed by atoms with Crippen molar-refractivity contribution in [2.75, 3.05) is 57.1 Å². The minimum Gasteiger partial charge on any atom is -0.497 e. The van der Waals surface area contributed by atoms with Crippen LogP contribution in [0.1, 0.15) is 18.4 Å². The molecule has 2 fully saturated rings. The van der Waals surface area contributed by atoms with Crippen LogP contribution in [0.15, 0.2) is 42.6 Å². The van der Waals surface area contributed by atoms with Gasteiger partial charge in [-0.15, -0.1) is 0 Å². The van der Waals surface area contributed by atoms with Crippen LogP contribution in [0.4, 0.5) is 29.5 Å². The van der Waals surface area contributed by atoms with Crippen LogP contribution in [0.2, 0.25) is 0 Å². The highest BCUT2D eigenvalue weighted by Crippen LogP contribution is 2.33. The van der Waals surface area contributed by atoms with E-state index in [0.29, 0.717) is 49.5 Å². The van der Waals surface area contributed by atoms with Gasteiger partial charge in [0.25, 0.3) is 0 Å². The topological polar surface area (TPSA) is 99.4 Å². The summed E-state index contributed by atoms with van der Waals surface area (Å²) < 4.78 is 61.9. The van der Waals surface area contributed by atoms with Crippen molar-refractivity contribution in [3.63, 3.8) is 0 Å². The minimum atomic E-state index is -4.76. The van der Waals surface area contributed by atoms with Crippen molar-refractivity contribution in [2.24, 2.45) is 0 Å². The van der Waals surface area contributed by atoms with Gasteiger partial charge in [0.1, 0.15) is 11.6 Å². The van der Waals surface area contributed by atoms with Crippen LogP contribution in [-0.4, -0.2) is 80.4 Å². The van der Waals surface area contributed by atoms with Crippen LogP contribution >= 0.6 is 0 Å². The first kappa shape index (κ1) is 26.8. The summed E-state index contributed by atoms with van der Waals surface area (Å²) in [7, 11) is 1.52. The van der Waals surface area contributed by atoms with Gasteiger partial charge >= 0.3 is 12.3 Å². The number of methoxy groups -OCH3 is 1. The lowest BCUT2D eigenvalue weighted by Crippen LogP contribution is -2.58. The average molecular weight is 525 g/mol. The lowest BCUT2D eigenvalue weighted by atomic mass is 9.89. The summed E-state index contributed by atoms with van der Waals surface area (Å²) in [6.45, 7) is 1.30. The Balaban J connectivity index is 1.28. The molecule has 37 heavy (non-hydrogen) atoms. The zero-order valence-corrected chi connectivity index (χ0v) is 20.6. The molecule has 0 aliphatic carbocycles. The van der Waals surface area contributed by atoms with Crippen molar-refractivity contribution < 1.29 is 36.9 Å². The molecule has 1 unspecified atom stereocenters. The second kappa shape index (κ2) is 11.4. The predicted molar refractivity (Wildman–Crippen MR) is 129 cm³/mol. The van der Waals surface area contributed by atoms with Gasteiger partial charge in [0.15, 0.2) is 0 Å². The van der Waals surface area contributed by atoms with Crippen LogP contribution in [0.3, 0.4) is 0 Å². The Bertz CT molecular complexity index is 1030. The van der Waals surface area contributed by atoms with Crippen molar-refractivity contribution in [3.8, 4) is 5.75 Å². The number of carbonyl (C=O) groups is 1. The van der Waals surface area contributed by atoms with E-state index in [1.807, 2.05) is 6.07 Å². The van der Waals surface area contributed by atoms with Crippen LogP contribution in [0.25, 0.3) is 0 Å². The number of ether oxygens (including phenoxy) is 4. The first-order valence-corrected chi connectivity index (χ1v) is 12.0. The molecule has 2 saturated heterocycles. The van der Waals surface area contributed by atoms with E-state index in [-0.39, 0.29) is 19.7 Å². The highest BCUT2D eigenvalue weighted by Gasteiger charge is 2.46. The van der Waals surface area contributed by atoms with Crippen molar-refractivity contribution in [1.82, 2.24) is 9.88 Å².